The molecule has 4 heterocycles. The van der Waals surface area contributed by atoms with Gasteiger partial charge in [0.1, 0.15) is 10.8 Å². The van der Waals surface area contributed by atoms with Gasteiger partial charge < -0.3 is 16.4 Å². The van der Waals surface area contributed by atoms with Gasteiger partial charge in [-0.05, 0) is 42.4 Å². The average Bonchev–Trinajstić information content (AvgIpc) is 3.29. The van der Waals surface area contributed by atoms with Gasteiger partial charge in [0.25, 0.3) is 0 Å². The number of nitrogens with zero attached hydrogens (tertiary/aromatic N) is 5. The van der Waals surface area contributed by atoms with E-state index in [2.05, 4.69) is 36.1 Å². The van der Waals surface area contributed by atoms with E-state index in [-0.39, 0.29) is 17.4 Å². The van der Waals surface area contributed by atoms with Crippen molar-refractivity contribution in [3.05, 3.63) is 47.9 Å². The summed E-state index contributed by atoms with van der Waals surface area (Å²) >= 11 is 1.49. The smallest absolute Gasteiger partial charge is 0.223 e. The Balaban J connectivity index is 1.33. The zero-order valence-electron chi connectivity index (χ0n) is 15.4. The van der Waals surface area contributed by atoms with Crippen LogP contribution in [0, 0.1) is 5.41 Å². The van der Waals surface area contributed by atoms with Crippen LogP contribution in [-0.2, 0) is 6.42 Å². The minimum atomic E-state index is 0.0558. The lowest BCUT2D eigenvalue weighted by Crippen LogP contribution is -2.44. The largest absolute Gasteiger partial charge is 0.368 e. The first-order chi connectivity index (χ1) is 13.6. The van der Waals surface area contributed by atoms with Gasteiger partial charge in [-0.25, -0.2) is 4.98 Å². The minimum absolute atomic E-state index is 0.0558. The highest BCUT2D eigenvalue weighted by atomic mass is 32.2. The Kier molecular flexibility index (Phi) is 4.21. The Bertz CT molecular complexity index is 981. The van der Waals surface area contributed by atoms with Crippen molar-refractivity contribution in [3.63, 3.8) is 0 Å². The Hall–Kier alpha value is -2.65. The Morgan fingerprint density at radius 1 is 1.18 bits per heavy atom. The highest BCUT2D eigenvalue weighted by molar-refractivity contribution is 7.99. The molecule has 1 saturated heterocycles. The number of aromatic nitrogens is 5. The number of piperidine rings is 1. The first-order valence-corrected chi connectivity index (χ1v) is 10.2. The first kappa shape index (κ1) is 17.4. The Morgan fingerprint density at radius 2 is 2.04 bits per heavy atom. The second kappa shape index (κ2) is 6.75. The van der Waals surface area contributed by atoms with Crippen molar-refractivity contribution in [2.45, 2.75) is 35.4 Å². The van der Waals surface area contributed by atoms with E-state index >= 15 is 0 Å². The predicted molar refractivity (Wildman–Crippen MR) is 108 cm³/mol. The Morgan fingerprint density at radius 3 is 2.79 bits per heavy atom. The minimum Gasteiger partial charge on any atom is -0.368 e. The number of rotatable bonds is 3. The van der Waals surface area contributed by atoms with Gasteiger partial charge in [-0.1, -0.05) is 17.8 Å². The van der Waals surface area contributed by atoms with Gasteiger partial charge >= 0.3 is 0 Å². The van der Waals surface area contributed by atoms with Crippen LogP contribution in [0.15, 0.2) is 46.7 Å². The molecule has 1 fully saturated rings. The van der Waals surface area contributed by atoms with E-state index < -0.39 is 0 Å². The molecular formula is C19H22N8S. The van der Waals surface area contributed by atoms with Gasteiger partial charge in [0.15, 0.2) is 0 Å². The molecule has 1 spiro atoms. The molecule has 0 bridgehead atoms. The monoisotopic (exact) mass is 394 g/mol. The molecule has 0 aromatic carbocycles. The lowest BCUT2D eigenvalue weighted by atomic mass is 9.73. The number of hydrogen-bond donors (Lipinski definition) is 3. The second-order valence-electron chi connectivity index (χ2n) is 7.49. The van der Waals surface area contributed by atoms with E-state index in [1.165, 1.54) is 17.3 Å². The van der Waals surface area contributed by atoms with Crippen LogP contribution in [0.1, 0.15) is 30.1 Å². The van der Waals surface area contributed by atoms with Gasteiger partial charge in [0.2, 0.25) is 5.95 Å². The molecule has 5 rings (SSSR count). The van der Waals surface area contributed by atoms with Gasteiger partial charge in [-0.3, -0.25) is 10.1 Å². The molecule has 144 valence electrons. The molecule has 0 unspecified atom stereocenters. The van der Waals surface area contributed by atoms with Gasteiger partial charge in [0.05, 0.1) is 5.03 Å². The lowest BCUT2D eigenvalue weighted by Gasteiger charge is -2.42. The van der Waals surface area contributed by atoms with Crippen LogP contribution in [0.4, 0.5) is 11.8 Å². The van der Waals surface area contributed by atoms with Crippen LogP contribution in [0.2, 0.25) is 0 Å². The number of nitrogens with two attached hydrogens (primary N) is 2. The van der Waals surface area contributed by atoms with E-state index in [0.29, 0.717) is 0 Å². The SMILES string of the molecule is Nc1nc(Sc2ccn[nH]2)cc(N2CCC3(CC2)Cc2ncccc2[C@H]3N)n1. The zero-order valence-corrected chi connectivity index (χ0v) is 16.2. The highest BCUT2D eigenvalue weighted by Crippen LogP contribution is 2.50. The number of pyridine rings is 1. The maximum absolute atomic E-state index is 6.65. The Labute approximate surface area is 167 Å². The summed E-state index contributed by atoms with van der Waals surface area (Å²) < 4.78 is 0. The summed E-state index contributed by atoms with van der Waals surface area (Å²) in [6.45, 7) is 1.79. The van der Waals surface area contributed by atoms with Crippen molar-refractivity contribution < 1.29 is 0 Å². The number of anilines is 2. The molecule has 0 saturated carbocycles. The van der Waals surface area contributed by atoms with Crippen LogP contribution < -0.4 is 16.4 Å². The van der Waals surface area contributed by atoms with Gasteiger partial charge in [-0.15, -0.1) is 0 Å². The molecule has 1 aliphatic carbocycles. The molecule has 9 heteroatoms. The summed E-state index contributed by atoms with van der Waals surface area (Å²) in [4.78, 5) is 15.6. The molecule has 5 N–H and O–H groups in total. The van der Waals surface area contributed by atoms with Crippen LogP contribution in [0.25, 0.3) is 0 Å². The molecule has 1 atom stereocenters. The summed E-state index contributed by atoms with van der Waals surface area (Å²) in [7, 11) is 0. The molecule has 28 heavy (non-hydrogen) atoms. The standard InChI is InChI=1S/C19H22N8S/c20-17-12-2-1-6-22-13(12)11-19(17)4-8-27(9-5-19)14-10-16(25-18(21)24-14)28-15-3-7-23-26-15/h1-3,6-7,10,17H,4-5,8-9,11,20H2,(H,23,26)(H2,21,24,25)/t17-/m1/s1. The topological polar surface area (TPSA) is 123 Å². The number of aromatic amines is 1. The fraction of sp³-hybridized carbons (Fsp3) is 0.368. The van der Waals surface area contributed by atoms with Crippen molar-refractivity contribution in [3.8, 4) is 0 Å². The van der Waals surface area contributed by atoms with Crippen molar-refractivity contribution in [1.29, 1.82) is 0 Å². The maximum atomic E-state index is 6.65. The molecule has 3 aromatic rings. The highest BCUT2D eigenvalue weighted by Gasteiger charge is 2.46. The van der Waals surface area contributed by atoms with E-state index in [0.717, 1.165) is 53.9 Å². The molecule has 0 radical (unpaired) electrons. The van der Waals surface area contributed by atoms with E-state index in [1.54, 1.807) is 6.20 Å². The lowest BCUT2D eigenvalue weighted by molar-refractivity contribution is 0.186. The third kappa shape index (κ3) is 3.00. The third-order valence-electron chi connectivity index (χ3n) is 5.92. The third-order valence-corrected chi connectivity index (χ3v) is 6.78. The van der Waals surface area contributed by atoms with Crippen molar-refractivity contribution in [2.75, 3.05) is 23.7 Å². The predicted octanol–water partition coefficient (Wildman–Crippen LogP) is 2.17. The number of fused-ring (bicyclic) bond motifs is 1. The molecule has 1 aliphatic heterocycles. The van der Waals surface area contributed by atoms with E-state index in [9.17, 15) is 0 Å². The van der Waals surface area contributed by atoms with Crippen LogP contribution >= 0.6 is 11.8 Å². The number of H-pyrrole nitrogens is 1. The summed E-state index contributed by atoms with van der Waals surface area (Å²) in [5, 5.41) is 8.63. The van der Waals surface area contributed by atoms with Crippen LogP contribution in [0.5, 0.6) is 0 Å². The van der Waals surface area contributed by atoms with Crippen molar-refractivity contribution >= 4 is 23.5 Å². The summed E-state index contributed by atoms with van der Waals surface area (Å²) in [6.07, 6.45) is 6.57. The first-order valence-electron chi connectivity index (χ1n) is 9.39. The molecule has 8 nitrogen and oxygen atoms in total. The fourth-order valence-electron chi connectivity index (χ4n) is 4.38. The summed E-state index contributed by atoms with van der Waals surface area (Å²) in [5.74, 6) is 1.15. The van der Waals surface area contributed by atoms with E-state index in [1.807, 2.05) is 24.4 Å². The number of nitrogen functional groups attached to an aromatic ring is 1. The normalized spacial score (nSPS) is 20.5. The fourth-order valence-corrected chi connectivity index (χ4v) is 5.14. The van der Waals surface area contributed by atoms with Crippen molar-refractivity contribution in [1.82, 2.24) is 25.1 Å². The quantitative estimate of drug-likeness (QED) is 0.578. The summed E-state index contributed by atoms with van der Waals surface area (Å²) in [6, 6.07) is 8.05. The molecule has 0 amide bonds. The van der Waals surface area contributed by atoms with E-state index in [4.69, 9.17) is 11.5 Å². The second-order valence-corrected chi connectivity index (χ2v) is 8.55. The van der Waals surface area contributed by atoms with Gasteiger partial charge in [-0.2, -0.15) is 10.1 Å². The van der Waals surface area contributed by atoms with Crippen LogP contribution in [-0.4, -0.2) is 38.2 Å². The zero-order chi connectivity index (χ0) is 19.1. The van der Waals surface area contributed by atoms with Crippen molar-refractivity contribution in [2.24, 2.45) is 11.1 Å². The van der Waals surface area contributed by atoms with Crippen LogP contribution in [0.3, 0.4) is 0 Å². The molecule has 2 aliphatic rings. The van der Waals surface area contributed by atoms with Gasteiger partial charge in [0, 0.05) is 43.3 Å². The molecular weight excluding hydrogens is 372 g/mol. The number of hydrogen-bond acceptors (Lipinski definition) is 8. The molecule has 3 aromatic heterocycles. The summed E-state index contributed by atoms with van der Waals surface area (Å²) in [5.41, 5.74) is 15.1. The maximum Gasteiger partial charge on any atom is 0.223 e. The average molecular weight is 395 g/mol. The number of nitrogens with one attached hydrogen (secondary N) is 1.